The highest BCUT2D eigenvalue weighted by Crippen LogP contribution is 2.36. The maximum Gasteiger partial charge on any atom is 0.266 e. The van der Waals surface area contributed by atoms with E-state index in [1.807, 2.05) is 6.92 Å². The van der Waals surface area contributed by atoms with Gasteiger partial charge in [-0.25, -0.2) is 17.8 Å². The van der Waals surface area contributed by atoms with E-state index in [-0.39, 0.29) is 21.9 Å². The number of hydrogen-bond acceptors (Lipinski definition) is 7. The zero-order valence-electron chi connectivity index (χ0n) is 18.1. The van der Waals surface area contributed by atoms with E-state index in [2.05, 4.69) is 15.0 Å². The van der Waals surface area contributed by atoms with Gasteiger partial charge in [-0.1, -0.05) is 30.1 Å². The van der Waals surface area contributed by atoms with E-state index in [9.17, 15) is 17.6 Å². The van der Waals surface area contributed by atoms with Gasteiger partial charge in [0.15, 0.2) is 5.13 Å². The van der Waals surface area contributed by atoms with Gasteiger partial charge in [0, 0.05) is 22.7 Å². The minimum Gasteiger partial charge on any atom is -0.455 e. The molecule has 2 N–H and O–H groups in total. The summed E-state index contributed by atoms with van der Waals surface area (Å²) in [6, 6.07) is 6.71. The minimum absolute atomic E-state index is 0.0407. The number of thiazole rings is 1. The number of hydrogen-bond donors (Lipinski definition) is 2. The minimum atomic E-state index is -4.23. The smallest absolute Gasteiger partial charge is 0.266 e. The van der Waals surface area contributed by atoms with Crippen molar-refractivity contribution in [2.24, 2.45) is 0 Å². The van der Waals surface area contributed by atoms with Crippen molar-refractivity contribution in [1.29, 1.82) is 0 Å². The van der Waals surface area contributed by atoms with Gasteiger partial charge in [0.25, 0.3) is 10.0 Å². The van der Waals surface area contributed by atoms with Crippen LogP contribution in [0.2, 0.25) is 10.0 Å². The Labute approximate surface area is 211 Å². The molecule has 1 heterocycles. The van der Waals surface area contributed by atoms with E-state index in [0.29, 0.717) is 36.6 Å². The molecule has 0 amide bonds. The Balaban J connectivity index is 1.77. The van der Waals surface area contributed by atoms with Crippen molar-refractivity contribution in [1.82, 2.24) is 10.3 Å². The fourth-order valence-electron chi connectivity index (χ4n) is 3.05. The number of benzene rings is 2. The van der Waals surface area contributed by atoms with Gasteiger partial charge in [-0.05, 0) is 55.6 Å². The zero-order chi connectivity index (χ0) is 24.7. The Bertz CT molecular complexity index is 1240. The number of nitrogens with one attached hydrogen (secondary N) is 2. The lowest BCUT2D eigenvalue weighted by molar-refractivity contribution is -0.109. The van der Waals surface area contributed by atoms with Gasteiger partial charge in [-0.2, -0.15) is 0 Å². The summed E-state index contributed by atoms with van der Waals surface area (Å²) in [5.74, 6) is -0.659. The van der Waals surface area contributed by atoms with Crippen LogP contribution in [0.15, 0.2) is 46.8 Å². The molecule has 0 aliphatic rings. The highest BCUT2D eigenvalue weighted by molar-refractivity contribution is 7.93. The summed E-state index contributed by atoms with van der Waals surface area (Å²) in [5.41, 5.74) is 0.757. The number of sulfonamides is 1. The van der Waals surface area contributed by atoms with Gasteiger partial charge >= 0.3 is 0 Å². The van der Waals surface area contributed by atoms with Crippen LogP contribution in [0, 0.1) is 5.82 Å². The number of carbonyl (C=O) groups is 1. The van der Waals surface area contributed by atoms with E-state index in [0.717, 1.165) is 35.3 Å². The third-order valence-corrected chi connectivity index (χ3v) is 7.51. The number of carbonyl (C=O) groups excluding carboxylic acids is 1. The van der Waals surface area contributed by atoms with Crippen molar-refractivity contribution in [3.8, 4) is 11.5 Å². The molecule has 1 aromatic heterocycles. The van der Waals surface area contributed by atoms with Crippen LogP contribution in [-0.4, -0.2) is 32.3 Å². The fourth-order valence-corrected chi connectivity index (χ4v) is 5.39. The average Bonchev–Trinajstić information content (AvgIpc) is 3.30. The van der Waals surface area contributed by atoms with E-state index < -0.39 is 20.7 Å². The van der Waals surface area contributed by atoms with Gasteiger partial charge in [0.1, 0.15) is 28.5 Å². The molecule has 2 aromatic carbocycles. The van der Waals surface area contributed by atoms with E-state index in [1.54, 1.807) is 23.6 Å². The Kier molecular flexibility index (Phi) is 9.26. The summed E-state index contributed by atoms with van der Waals surface area (Å²) in [4.78, 5) is 14.2. The van der Waals surface area contributed by atoms with Crippen LogP contribution < -0.4 is 14.8 Å². The second-order valence-corrected chi connectivity index (χ2v) is 10.6. The van der Waals surface area contributed by atoms with Crippen LogP contribution in [0.3, 0.4) is 0 Å². The van der Waals surface area contributed by atoms with Gasteiger partial charge in [-0.15, -0.1) is 11.3 Å². The van der Waals surface area contributed by atoms with Gasteiger partial charge < -0.3 is 14.8 Å². The summed E-state index contributed by atoms with van der Waals surface area (Å²) in [7, 11) is -4.23. The summed E-state index contributed by atoms with van der Waals surface area (Å²) in [6.45, 7) is 2.53. The summed E-state index contributed by atoms with van der Waals surface area (Å²) < 4.78 is 47.9. The molecule has 12 heteroatoms. The molecule has 7 nitrogen and oxygen atoms in total. The standard InChI is InChI=1S/C22H22Cl2FN3O4S2/c1-2-16(13-29)26-7-3-4-14-10-15(23)5-6-19(14)32-20-12-18(25)21(11-17(20)24)34(30,31)28-22-27-8-9-33-22/h5-6,8-13,16,26H,2-4,7H2,1H3,(H,27,28). The molecule has 0 saturated heterocycles. The zero-order valence-corrected chi connectivity index (χ0v) is 21.2. The SMILES string of the molecule is CCC(C=O)NCCCc1cc(Cl)ccc1Oc1cc(F)c(S(=O)(=O)Nc2nccs2)cc1Cl. The fraction of sp³-hybridized carbons (Fsp3) is 0.273. The summed E-state index contributed by atoms with van der Waals surface area (Å²) in [6.07, 6.45) is 4.27. The van der Waals surface area contributed by atoms with E-state index in [1.165, 1.54) is 6.20 Å². The molecule has 0 saturated carbocycles. The summed E-state index contributed by atoms with van der Waals surface area (Å²) >= 11 is 13.4. The predicted molar refractivity (Wildman–Crippen MR) is 132 cm³/mol. The molecule has 182 valence electrons. The maximum atomic E-state index is 14.8. The molecule has 0 spiro atoms. The maximum absolute atomic E-state index is 14.8. The molecule has 0 radical (unpaired) electrons. The van der Waals surface area contributed by atoms with Crippen LogP contribution in [0.5, 0.6) is 11.5 Å². The second kappa shape index (κ2) is 11.9. The highest BCUT2D eigenvalue weighted by Gasteiger charge is 2.23. The first-order valence-corrected chi connectivity index (χ1v) is 13.4. The molecular weight excluding hydrogens is 524 g/mol. The Hall–Kier alpha value is -2.24. The molecule has 0 aliphatic carbocycles. The number of nitrogens with zero attached hydrogens (tertiary/aromatic N) is 1. The number of aldehydes is 1. The monoisotopic (exact) mass is 545 g/mol. The van der Waals surface area contributed by atoms with Crippen LogP contribution in [0.1, 0.15) is 25.3 Å². The summed E-state index contributed by atoms with van der Waals surface area (Å²) in [5, 5.41) is 5.26. The van der Waals surface area contributed by atoms with Crippen molar-refractivity contribution >= 4 is 56.0 Å². The number of ether oxygens (including phenoxy) is 1. The number of halogens is 3. The van der Waals surface area contributed by atoms with Gasteiger partial charge in [0.2, 0.25) is 0 Å². The molecule has 1 unspecified atom stereocenters. The van der Waals surface area contributed by atoms with Crippen molar-refractivity contribution in [3.63, 3.8) is 0 Å². The molecule has 0 fully saturated rings. The van der Waals surface area contributed by atoms with E-state index >= 15 is 0 Å². The molecular formula is C22H22Cl2FN3O4S2. The average molecular weight is 546 g/mol. The van der Waals surface area contributed by atoms with Crippen molar-refractivity contribution in [2.45, 2.75) is 37.1 Å². The number of rotatable bonds is 12. The normalized spacial score (nSPS) is 12.4. The lowest BCUT2D eigenvalue weighted by atomic mass is 10.1. The number of aryl methyl sites for hydroxylation is 1. The van der Waals surface area contributed by atoms with Crippen LogP contribution in [0.25, 0.3) is 0 Å². The van der Waals surface area contributed by atoms with Gasteiger partial charge in [0.05, 0.1) is 11.1 Å². The molecule has 34 heavy (non-hydrogen) atoms. The van der Waals surface area contributed by atoms with Crippen LogP contribution >= 0.6 is 34.5 Å². The van der Waals surface area contributed by atoms with Crippen LogP contribution in [-0.2, 0) is 21.2 Å². The lowest BCUT2D eigenvalue weighted by Crippen LogP contribution is -2.30. The first-order valence-electron chi connectivity index (χ1n) is 10.3. The van der Waals surface area contributed by atoms with Crippen LogP contribution in [0.4, 0.5) is 9.52 Å². The van der Waals surface area contributed by atoms with Crippen molar-refractivity contribution in [3.05, 3.63) is 63.3 Å². The Morgan fingerprint density at radius 3 is 2.71 bits per heavy atom. The first kappa shape index (κ1) is 26.4. The molecule has 1 atom stereocenters. The number of aromatic nitrogens is 1. The quantitative estimate of drug-likeness (QED) is 0.224. The van der Waals surface area contributed by atoms with E-state index in [4.69, 9.17) is 27.9 Å². The van der Waals surface area contributed by atoms with Gasteiger partial charge in [-0.3, -0.25) is 4.72 Å². The highest BCUT2D eigenvalue weighted by atomic mass is 35.5. The largest absolute Gasteiger partial charge is 0.455 e. The second-order valence-electron chi connectivity index (χ2n) is 7.22. The third kappa shape index (κ3) is 6.89. The molecule has 3 rings (SSSR count). The predicted octanol–water partition coefficient (Wildman–Crippen LogP) is 5.68. The number of anilines is 1. The molecule has 0 aliphatic heterocycles. The third-order valence-electron chi connectivity index (χ3n) is 4.81. The van der Waals surface area contributed by atoms with Crippen molar-refractivity contribution < 1.29 is 22.3 Å². The Morgan fingerprint density at radius 1 is 1.24 bits per heavy atom. The molecule has 3 aromatic rings. The lowest BCUT2D eigenvalue weighted by Gasteiger charge is -2.15. The topological polar surface area (TPSA) is 97.4 Å². The molecule has 0 bridgehead atoms. The Morgan fingerprint density at radius 2 is 2.03 bits per heavy atom. The van der Waals surface area contributed by atoms with Crippen molar-refractivity contribution in [2.75, 3.05) is 11.3 Å². The first-order chi connectivity index (χ1) is 16.2.